The van der Waals surface area contributed by atoms with Crippen molar-refractivity contribution < 1.29 is 14.0 Å². The molecule has 3 nitrogen and oxygen atoms in total. The minimum Gasteiger partial charge on any atom is -0.387 e. The fraction of sp³-hybridized carbons (Fsp3) is 0.714. The molecule has 0 saturated carbocycles. The molecule has 1 aliphatic rings. The third-order valence-electron chi connectivity index (χ3n) is 7.16. The van der Waals surface area contributed by atoms with Gasteiger partial charge in [0.1, 0.15) is 0 Å². The summed E-state index contributed by atoms with van der Waals surface area (Å²) in [6, 6.07) is 10.5. The molecule has 1 saturated heterocycles. The monoisotopic (exact) mass is 460 g/mol. The highest BCUT2D eigenvalue weighted by molar-refractivity contribution is 6.73. The average Bonchev–Trinajstić information content (AvgIpc) is 2.81. The topological polar surface area (TPSA) is 38.7 Å². The van der Waals surface area contributed by atoms with Gasteiger partial charge in [0.25, 0.3) is 0 Å². The Labute approximate surface area is 198 Å². The zero-order valence-corrected chi connectivity index (χ0v) is 22.9. The predicted octanol–water partition coefficient (Wildman–Crippen LogP) is 8.10. The highest BCUT2D eigenvalue weighted by Crippen LogP contribution is 2.59. The van der Waals surface area contributed by atoms with E-state index >= 15 is 0 Å². The first kappa shape index (κ1) is 27.3. The second-order valence-corrected chi connectivity index (χ2v) is 16.4. The van der Waals surface area contributed by atoms with Crippen molar-refractivity contribution in [1.29, 1.82) is 0 Å². The largest absolute Gasteiger partial charge is 0.387 e. The van der Waals surface area contributed by atoms with Crippen molar-refractivity contribution in [2.45, 2.75) is 122 Å². The zero-order chi connectivity index (χ0) is 24.2. The number of hydrogen-bond donors (Lipinski definition) is 1. The SMILES string of the molecule is C=CC[C@]1(O)[C@H](CCC)O[Si](C(C)(C)C)(C(C)(C)C)O[C@H](c2ccccc2)[C@H]1CCCC. The van der Waals surface area contributed by atoms with Crippen molar-refractivity contribution in [3.63, 3.8) is 0 Å². The van der Waals surface area contributed by atoms with Crippen LogP contribution in [0.5, 0.6) is 0 Å². The molecule has 1 aliphatic heterocycles. The number of unbranched alkanes of at least 4 members (excludes halogenated alkanes) is 1. The first-order valence-electron chi connectivity index (χ1n) is 12.6. The van der Waals surface area contributed by atoms with E-state index in [2.05, 4.69) is 86.2 Å². The van der Waals surface area contributed by atoms with Crippen LogP contribution in [0.4, 0.5) is 0 Å². The Kier molecular flexibility index (Phi) is 9.00. The molecular formula is C28H48O3Si. The number of hydrogen-bond acceptors (Lipinski definition) is 3. The second kappa shape index (κ2) is 10.5. The summed E-state index contributed by atoms with van der Waals surface area (Å²) in [6.45, 7) is 22.0. The lowest BCUT2D eigenvalue weighted by Gasteiger charge is -2.51. The van der Waals surface area contributed by atoms with Gasteiger partial charge in [-0.2, -0.15) is 0 Å². The molecule has 1 aromatic rings. The Morgan fingerprint density at radius 2 is 1.56 bits per heavy atom. The Balaban J connectivity index is 2.84. The third-order valence-corrected chi connectivity index (χ3v) is 12.3. The van der Waals surface area contributed by atoms with Crippen LogP contribution in [-0.4, -0.2) is 25.4 Å². The maximum atomic E-state index is 12.5. The molecule has 4 atom stereocenters. The lowest BCUT2D eigenvalue weighted by atomic mass is 9.72. The molecule has 32 heavy (non-hydrogen) atoms. The molecule has 182 valence electrons. The zero-order valence-electron chi connectivity index (χ0n) is 21.9. The van der Waals surface area contributed by atoms with E-state index in [0.29, 0.717) is 6.42 Å². The maximum absolute atomic E-state index is 12.5. The smallest absolute Gasteiger partial charge is 0.350 e. The fourth-order valence-corrected chi connectivity index (χ4v) is 10.9. The van der Waals surface area contributed by atoms with Gasteiger partial charge >= 0.3 is 8.56 Å². The summed E-state index contributed by atoms with van der Waals surface area (Å²) in [5.41, 5.74) is 0.126. The van der Waals surface area contributed by atoms with Crippen molar-refractivity contribution in [2.75, 3.05) is 0 Å². The molecule has 1 fully saturated rings. The molecule has 0 bridgehead atoms. The van der Waals surface area contributed by atoms with Gasteiger partial charge in [-0.3, -0.25) is 0 Å². The van der Waals surface area contributed by atoms with Gasteiger partial charge in [-0.1, -0.05) is 111 Å². The van der Waals surface area contributed by atoms with E-state index in [1.54, 1.807) is 0 Å². The van der Waals surface area contributed by atoms with Crippen LogP contribution in [0.1, 0.15) is 106 Å². The van der Waals surface area contributed by atoms with Gasteiger partial charge in [0, 0.05) is 16.0 Å². The van der Waals surface area contributed by atoms with E-state index < -0.39 is 14.2 Å². The molecule has 0 amide bonds. The van der Waals surface area contributed by atoms with Crippen LogP contribution >= 0.6 is 0 Å². The number of benzene rings is 1. The second-order valence-electron chi connectivity index (χ2n) is 11.7. The van der Waals surface area contributed by atoms with E-state index in [1.165, 1.54) is 0 Å². The summed E-state index contributed by atoms with van der Waals surface area (Å²) in [7, 11) is -2.88. The molecular weight excluding hydrogens is 412 g/mol. The Morgan fingerprint density at radius 3 is 2.03 bits per heavy atom. The maximum Gasteiger partial charge on any atom is 0.350 e. The summed E-state index contributed by atoms with van der Waals surface area (Å²) in [5, 5.41) is 12.1. The molecule has 4 heteroatoms. The van der Waals surface area contributed by atoms with Crippen molar-refractivity contribution in [3.05, 3.63) is 48.6 Å². The third kappa shape index (κ3) is 5.24. The van der Waals surface area contributed by atoms with Crippen LogP contribution in [0.2, 0.25) is 10.1 Å². The first-order valence-corrected chi connectivity index (χ1v) is 14.4. The van der Waals surface area contributed by atoms with Crippen molar-refractivity contribution >= 4 is 8.56 Å². The predicted molar refractivity (Wildman–Crippen MR) is 138 cm³/mol. The summed E-state index contributed by atoms with van der Waals surface area (Å²) in [5.74, 6) is -0.0570. The summed E-state index contributed by atoms with van der Waals surface area (Å²) in [6.07, 6.45) is 6.72. The molecule has 1 heterocycles. The highest BCUT2D eigenvalue weighted by atomic mass is 28.4. The fourth-order valence-electron chi connectivity index (χ4n) is 5.78. The molecule has 0 unspecified atom stereocenters. The van der Waals surface area contributed by atoms with Gasteiger partial charge in [0.2, 0.25) is 0 Å². The summed E-state index contributed by atoms with van der Waals surface area (Å²) in [4.78, 5) is 0. The van der Waals surface area contributed by atoms with Crippen LogP contribution in [0.3, 0.4) is 0 Å². The van der Waals surface area contributed by atoms with Crippen LogP contribution in [0.15, 0.2) is 43.0 Å². The standard InChI is InChI=1S/C28H48O3Si/c1-10-13-20-23-25(22-18-15-14-16-19-22)31-32(26(4,5)6,27(7,8)9)30-24(17-11-2)28(23,29)21-12-3/h12,14-16,18-19,23-25,29H,3,10-11,13,17,20-21H2,1-2,4-9H3/t23-,24+,25-,28-/m1/s1. The Hall–Kier alpha value is -0.943. The molecule has 0 aromatic heterocycles. The van der Waals surface area contributed by atoms with Crippen LogP contribution in [-0.2, 0) is 8.85 Å². The summed E-state index contributed by atoms with van der Waals surface area (Å²) < 4.78 is 14.6. The van der Waals surface area contributed by atoms with E-state index in [4.69, 9.17) is 8.85 Å². The lowest BCUT2D eigenvalue weighted by Crippen LogP contribution is -2.60. The van der Waals surface area contributed by atoms with Crippen LogP contribution in [0.25, 0.3) is 0 Å². The molecule has 0 aliphatic carbocycles. The van der Waals surface area contributed by atoms with Gasteiger partial charge < -0.3 is 14.0 Å². The normalized spacial score (nSPS) is 28.8. The number of aliphatic hydroxyl groups is 1. The van der Waals surface area contributed by atoms with E-state index in [1.807, 2.05) is 12.1 Å². The molecule has 1 N–H and O–H groups in total. The van der Waals surface area contributed by atoms with Gasteiger partial charge in [0.15, 0.2) is 0 Å². The quantitative estimate of drug-likeness (QED) is 0.314. The van der Waals surface area contributed by atoms with Crippen LogP contribution < -0.4 is 0 Å². The first-order chi connectivity index (χ1) is 14.9. The van der Waals surface area contributed by atoms with E-state index in [0.717, 1.165) is 37.7 Å². The van der Waals surface area contributed by atoms with Crippen LogP contribution in [0, 0.1) is 5.92 Å². The van der Waals surface area contributed by atoms with Gasteiger partial charge in [0.05, 0.1) is 17.8 Å². The number of rotatable bonds is 8. The average molecular weight is 461 g/mol. The molecule has 1 aromatic carbocycles. The minimum absolute atomic E-state index is 0.0570. The Morgan fingerprint density at radius 1 is 0.969 bits per heavy atom. The van der Waals surface area contributed by atoms with E-state index in [9.17, 15) is 5.11 Å². The lowest BCUT2D eigenvalue weighted by molar-refractivity contribution is -0.114. The van der Waals surface area contributed by atoms with E-state index in [-0.39, 0.29) is 28.2 Å². The van der Waals surface area contributed by atoms with Gasteiger partial charge in [-0.05, 0) is 24.8 Å². The van der Waals surface area contributed by atoms with Crippen molar-refractivity contribution in [1.82, 2.24) is 0 Å². The van der Waals surface area contributed by atoms with Crippen molar-refractivity contribution in [2.24, 2.45) is 5.92 Å². The van der Waals surface area contributed by atoms with Gasteiger partial charge in [-0.25, -0.2) is 0 Å². The molecule has 0 spiro atoms. The molecule has 0 radical (unpaired) electrons. The minimum atomic E-state index is -2.88. The highest BCUT2D eigenvalue weighted by Gasteiger charge is 2.65. The van der Waals surface area contributed by atoms with Gasteiger partial charge in [-0.15, -0.1) is 6.58 Å². The van der Waals surface area contributed by atoms with Crippen molar-refractivity contribution in [3.8, 4) is 0 Å². The Bertz CT molecular complexity index is 704. The molecule has 2 rings (SSSR count). The summed E-state index contributed by atoms with van der Waals surface area (Å²) >= 11 is 0.